The molecule has 0 bridgehead atoms. The average Bonchev–Trinajstić information content (AvgIpc) is 2.62. The SMILES string of the molecule is c1nc2nn3c(c2o1)COCC3. The van der Waals surface area contributed by atoms with Crippen molar-refractivity contribution in [1.29, 1.82) is 0 Å². The minimum atomic E-state index is 0.575. The first-order valence-corrected chi connectivity index (χ1v) is 3.82. The average molecular weight is 165 g/mol. The topological polar surface area (TPSA) is 53.1 Å². The second-order valence-electron chi connectivity index (χ2n) is 2.73. The van der Waals surface area contributed by atoms with Gasteiger partial charge in [-0.2, -0.15) is 4.98 Å². The van der Waals surface area contributed by atoms with Gasteiger partial charge in [-0.1, -0.05) is 0 Å². The minimum Gasteiger partial charge on any atom is -0.440 e. The van der Waals surface area contributed by atoms with E-state index >= 15 is 0 Å². The number of fused-ring (bicyclic) bond motifs is 3. The van der Waals surface area contributed by atoms with Gasteiger partial charge in [0.2, 0.25) is 5.65 Å². The van der Waals surface area contributed by atoms with E-state index in [1.54, 1.807) is 0 Å². The molecule has 0 unspecified atom stereocenters. The van der Waals surface area contributed by atoms with Crippen LogP contribution in [-0.2, 0) is 17.9 Å². The molecule has 0 aromatic carbocycles. The monoisotopic (exact) mass is 165 g/mol. The van der Waals surface area contributed by atoms with Crippen LogP contribution in [0.5, 0.6) is 0 Å². The van der Waals surface area contributed by atoms with E-state index in [0.29, 0.717) is 12.3 Å². The summed E-state index contributed by atoms with van der Waals surface area (Å²) in [4.78, 5) is 3.97. The molecule has 1 aliphatic rings. The van der Waals surface area contributed by atoms with E-state index < -0.39 is 0 Å². The zero-order chi connectivity index (χ0) is 7.97. The van der Waals surface area contributed by atoms with Gasteiger partial charge in [0, 0.05) is 0 Å². The summed E-state index contributed by atoms with van der Waals surface area (Å²) in [5.41, 5.74) is 2.43. The van der Waals surface area contributed by atoms with Crippen molar-refractivity contribution < 1.29 is 9.15 Å². The highest BCUT2D eigenvalue weighted by Gasteiger charge is 2.18. The number of hydrogen-bond donors (Lipinski definition) is 0. The van der Waals surface area contributed by atoms with E-state index in [0.717, 1.165) is 24.4 Å². The van der Waals surface area contributed by atoms with E-state index in [1.807, 2.05) is 4.68 Å². The molecule has 2 aromatic heterocycles. The van der Waals surface area contributed by atoms with Crippen LogP contribution in [0.3, 0.4) is 0 Å². The Balaban J connectivity index is 2.34. The lowest BCUT2D eigenvalue weighted by molar-refractivity contribution is 0.0803. The molecule has 5 heteroatoms. The molecule has 5 nitrogen and oxygen atoms in total. The van der Waals surface area contributed by atoms with Crippen molar-refractivity contribution in [1.82, 2.24) is 14.8 Å². The first-order valence-electron chi connectivity index (χ1n) is 3.82. The molecule has 1 aliphatic heterocycles. The Morgan fingerprint density at radius 3 is 3.50 bits per heavy atom. The van der Waals surface area contributed by atoms with Crippen LogP contribution >= 0.6 is 0 Å². The van der Waals surface area contributed by atoms with Gasteiger partial charge in [-0.05, 0) is 0 Å². The lowest BCUT2D eigenvalue weighted by Crippen LogP contribution is -2.17. The molecule has 0 fully saturated rings. The summed E-state index contributed by atoms with van der Waals surface area (Å²) < 4.78 is 12.4. The molecule has 2 aromatic rings. The number of hydrogen-bond acceptors (Lipinski definition) is 4. The van der Waals surface area contributed by atoms with Crippen molar-refractivity contribution in [3.8, 4) is 0 Å². The molecular weight excluding hydrogens is 158 g/mol. The Kier molecular flexibility index (Phi) is 1.07. The maximum Gasteiger partial charge on any atom is 0.220 e. The molecule has 0 aliphatic carbocycles. The van der Waals surface area contributed by atoms with Gasteiger partial charge in [-0.15, -0.1) is 5.10 Å². The molecule has 0 amide bonds. The Labute approximate surface area is 67.9 Å². The highest BCUT2D eigenvalue weighted by atomic mass is 16.5. The van der Waals surface area contributed by atoms with Crippen LogP contribution in [0, 0.1) is 0 Å². The molecule has 3 heterocycles. The van der Waals surface area contributed by atoms with Gasteiger partial charge in [-0.25, -0.2) is 0 Å². The number of rotatable bonds is 0. The molecule has 3 rings (SSSR count). The molecule has 0 saturated heterocycles. The summed E-state index contributed by atoms with van der Waals surface area (Å²) in [5.74, 6) is 0. The molecule has 12 heavy (non-hydrogen) atoms. The van der Waals surface area contributed by atoms with Gasteiger partial charge in [0.1, 0.15) is 5.69 Å². The molecule has 0 atom stereocenters. The summed E-state index contributed by atoms with van der Waals surface area (Å²) in [6.07, 6.45) is 1.41. The zero-order valence-electron chi connectivity index (χ0n) is 6.36. The predicted molar refractivity (Wildman–Crippen MR) is 39.5 cm³/mol. The molecule has 0 N–H and O–H groups in total. The third-order valence-electron chi connectivity index (χ3n) is 2.02. The third kappa shape index (κ3) is 0.660. The largest absolute Gasteiger partial charge is 0.440 e. The van der Waals surface area contributed by atoms with E-state index in [4.69, 9.17) is 9.15 Å². The summed E-state index contributed by atoms with van der Waals surface area (Å²) in [5, 5.41) is 4.25. The highest BCUT2D eigenvalue weighted by Crippen LogP contribution is 2.19. The van der Waals surface area contributed by atoms with Gasteiger partial charge >= 0.3 is 0 Å². The predicted octanol–water partition coefficient (Wildman–Crippen LogP) is 0.554. The fraction of sp³-hybridized carbons (Fsp3) is 0.429. The first-order chi connectivity index (χ1) is 5.95. The summed E-state index contributed by atoms with van der Waals surface area (Å²) in [7, 11) is 0. The summed E-state index contributed by atoms with van der Waals surface area (Å²) in [6.45, 7) is 2.09. The summed E-state index contributed by atoms with van der Waals surface area (Å²) in [6, 6.07) is 0. The number of oxazole rings is 1. The first kappa shape index (κ1) is 6.19. The lowest BCUT2D eigenvalue weighted by atomic mass is 10.4. The fourth-order valence-electron chi connectivity index (χ4n) is 1.45. The van der Waals surface area contributed by atoms with Crippen LogP contribution in [-0.4, -0.2) is 21.4 Å². The lowest BCUT2D eigenvalue weighted by Gasteiger charge is -2.12. The van der Waals surface area contributed by atoms with E-state index in [2.05, 4.69) is 10.1 Å². The Morgan fingerprint density at radius 1 is 1.50 bits per heavy atom. The van der Waals surface area contributed by atoms with Crippen molar-refractivity contribution >= 4 is 11.2 Å². The van der Waals surface area contributed by atoms with Crippen LogP contribution < -0.4 is 0 Å². The van der Waals surface area contributed by atoms with Gasteiger partial charge in [0.15, 0.2) is 12.0 Å². The van der Waals surface area contributed by atoms with Crippen LogP contribution in [0.15, 0.2) is 10.8 Å². The van der Waals surface area contributed by atoms with Gasteiger partial charge in [0.05, 0.1) is 19.8 Å². The van der Waals surface area contributed by atoms with Crippen molar-refractivity contribution in [2.75, 3.05) is 6.61 Å². The van der Waals surface area contributed by atoms with Crippen molar-refractivity contribution in [3.05, 3.63) is 12.1 Å². The number of nitrogens with zero attached hydrogens (tertiary/aromatic N) is 3. The van der Waals surface area contributed by atoms with Crippen molar-refractivity contribution in [2.24, 2.45) is 0 Å². The molecular formula is C7H7N3O2. The van der Waals surface area contributed by atoms with Crippen molar-refractivity contribution in [3.63, 3.8) is 0 Å². The quantitative estimate of drug-likeness (QED) is 0.572. The number of aromatic nitrogens is 3. The maximum absolute atomic E-state index is 5.28. The Bertz CT molecular complexity index is 417. The second-order valence-corrected chi connectivity index (χ2v) is 2.73. The smallest absolute Gasteiger partial charge is 0.220 e. The second kappa shape index (κ2) is 2.07. The minimum absolute atomic E-state index is 0.575. The Morgan fingerprint density at radius 2 is 2.50 bits per heavy atom. The fourth-order valence-corrected chi connectivity index (χ4v) is 1.45. The normalized spacial score (nSPS) is 16.7. The zero-order valence-corrected chi connectivity index (χ0v) is 6.36. The molecule has 0 radical (unpaired) electrons. The van der Waals surface area contributed by atoms with Crippen molar-refractivity contribution in [2.45, 2.75) is 13.2 Å². The standard InChI is InChI=1S/C7H7N3O2/c1-2-11-3-5-6-7(8-4-12-6)9-10(1)5/h4H,1-3H2. The van der Waals surface area contributed by atoms with E-state index in [9.17, 15) is 0 Å². The van der Waals surface area contributed by atoms with Crippen LogP contribution in [0.2, 0.25) is 0 Å². The molecule has 0 saturated carbocycles. The van der Waals surface area contributed by atoms with Crippen LogP contribution in [0.1, 0.15) is 5.69 Å². The van der Waals surface area contributed by atoms with Crippen LogP contribution in [0.4, 0.5) is 0 Å². The maximum atomic E-state index is 5.28. The van der Waals surface area contributed by atoms with E-state index in [1.165, 1.54) is 6.39 Å². The number of ether oxygens (including phenoxy) is 1. The molecule has 62 valence electrons. The third-order valence-corrected chi connectivity index (χ3v) is 2.02. The van der Waals surface area contributed by atoms with E-state index in [-0.39, 0.29) is 0 Å². The Hall–Kier alpha value is -1.36. The highest BCUT2D eigenvalue weighted by molar-refractivity contribution is 5.70. The van der Waals surface area contributed by atoms with Gasteiger partial charge in [0.25, 0.3) is 0 Å². The summed E-state index contributed by atoms with van der Waals surface area (Å²) >= 11 is 0. The van der Waals surface area contributed by atoms with Gasteiger partial charge < -0.3 is 9.15 Å². The molecule has 0 spiro atoms. The van der Waals surface area contributed by atoms with Crippen LogP contribution in [0.25, 0.3) is 11.2 Å². The van der Waals surface area contributed by atoms with Gasteiger partial charge in [-0.3, -0.25) is 4.68 Å².